The molecule has 0 aliphatic heterocycles. The van der Waals surface area contributed by atoms with Crippen LogP contribution in [0.4, 0.5) is 0 Å². The van der Waals surface area contributed by atoms with E-state index in [0.717, 1.165) is 0 Å². The first kappa shape index (κ1) is 17.8. The lowest BCUT2D eigenvalue weighted by Gasteiger charge is -2.20. The van der Waals surface area contributed by atoms with Crippen LogP contribution in [0.3, 0.4) is 0 Å². The zero-order valence-electron chi connectivity index (χ0n) is 12.8. The maximum absolute atomic E-state index is 12.0. The number of hydrogen-bond donors (Lipinski definition) is 3. The summed E-state index contributed by atoms with van der Waals surface area (Å²) in [6.45, 7) is 3.32. The smallest absolute Gasteiger partial charge is 0.251 e. The molecule has 0 heterocycles. The fourth-order valence-electron chi connectivity index (χ4n) is 1.96. The molecule has 6 nitrogen and oxygen atoms in total. The Kier molecular flexibility index (Phi) is 7.25. The normalized spacial score (nSPS) is 13.3. The molecule has 0 saturated carbocycles. The summed E-state index contributed by atoms with van der Waals surface area (Å²) in [6, 6.07) is 6.66. The van der Waals surface area contributed by atoms with Crippen LogP contribution in [0, 0.1) is 5.92 Å². The van der Waals surface area contributed by atoms with Gasteiger partial charge in [-0.2, -0.15) is 0 Å². The Bertz CT molecular complexity index is 502. The Hall–Kier alpha value is -2.21. The van der Waals surface area contributed by atoms with E-state index in [-0.39, 0.29) is 5.92 Å². The van der Waals surface area contributed by atoms with Gasteiger partial charge in [-0.25, -0.2) is 0 Å². The van der Waals surface area contributed by atoms with Crippen LogP contribution >= 0.6 is 0 Å². The Morgan fingerprint density at radius 1 is 1.18 bits per heavy atom. The minimum Gasteiger partial charge on any atom is -0.394 e. The van der Waals surface area contributed by atoms with Gasteiger partial charge in [0.05, 0.1) is 12.6 Å². The molecular formula is C16H22N2O4. The Balaban J connectivity index is 2.64. The second-order valence-corrected chi connectivity index (χ2v) is 5.46. The van der Waals surface area contributed by atoms with Gasteiger partial charge in [0.2, 0.25) is 5.91 Å². The summed E-state index contributed by atoms with van der Waals surface area (Å²) in [4.78, 5) is 35.0. The summed E-state index contributed by atoms with van der Waals surface area (Å²) in [6.07, 6.45) is 1.16. The van der Waals surface area contributed by atoms with Crippen LogP contribution < -0.4 is 10.6 Å². The van der Waals surface area contributed by atoms with Crippen LogP contribution in [0.1, 0.15) is 30.6 Å². The average Bonchev–Trinajstić information content (AvgIpc) is 2.51. The standard InChI is InChI=1S/C16H22N2O4/c1-11(2)8-13(9-19)17-16(22)14(10-20)18-15(21)12-6-4-3-5-7-12/h3-7,9,11,13-14,20H,8,10H2,1-2H3,(H,17,22)(H,18,21)/t13-,14-/m0/s1. The maximum atomic E-state index is 12.0. The molecule has 0 spiro atoms. The van der Waals surface area contributed by atoms with Gasteiger partial charge in [0.1, 0.15) is 12.3 Å². The van der Waals surface area contributed by atoms with Crippen molar-refractivity contribution >= 4 is 18.1 Å². The monoisotopic (exact) mass is 306 g/mol. The molecule has 6 heteroatoms. The van der Waals surface area contributed by atoms with Crippen molar-refractivity contribution < 1.29 is 19.5 Å². The largest absolute Gasteiger partial charge is 0.394 e. The second kappa shape index (κ2) is 8.94. The fraction of sp³-hybridized carbons (Fsp3) is 0.438. The van der Waals surface area contributed by atoms with Crippen molar-refractivity contribution in [3.8, 4) is 0 Å². The number of aldehydes is 1. The molecule has 0 aliphatic carbocycles. The summed E-state index contributed by atoms with van der Waals surface area (Å²) in [5.74, 6) is -0.798. The van der Waals surface area contributed by atoms with Gasteiger partial charge in [-0.1, -0.05) is 32.0 Å². The molecule has 0 aliphatic rings. The van der Waals surface area contributed by atoms with Crippen LogP contribution in [-0.2, 0) is 9.59 Å². The molecule has 0 aromatic heterocycles. The van der Waals surface area contributed by atoms with E-state index in [4.69, 9.17) is 0 Å². The zero-order valence-corrected chi connectivity index (χ0v) is 12.8. The van der Waals surface area contributed by atoms with Crippen molar-refractivity contribution in [3.63, 3.8) is 0 Å². The molecule has 0 bridgehead atoms. The Morgan fingerprint density at radius 2 is 1.82 bits per heavy atom. The number of hydrogen-bond acceptors (Lipinski definition) is 4. The molecule has 0 unspecified atom stereocenters. The van der Waals surface area contributed by atoms with Crippen LogP contribution in [0.2, 0.25) is 0 Å². The first-order valence-corrected chi connectivity index (χ1v) is 7.20. The van der Waals surface area contributed by atoms with Gasteiger partial charge in [0.15, 0.2) is 0 Å². The quantitative estimate of drug-likeness (QED) is 0.610. The van der Waals surface area contributed by atoms with E-state index in [0.29, 0.717) is 18.3 Å². The minimum absolute atomic E-state index is 0.238. The highest BCUT2D eigenvalue weighted by Crippen LogP contribution is 2.03. The molecule has 1 aromatic carbocycles. The summed E-state index contributed by atoms with van der Waals surface area (Å²) in [7, 11) is 0. The molecule has 2 atom stereocenters. The molecule has 3 N–H and O–H groups in total. The molecule has 120 valence electrons. The highest BCUT2D eigenvalue weighted by Gasteiger charge is 2.23. The number of rotatable bonds is 8. The maximum Gasteiger partial charge on any atom is 0.251 e. The molecule has 2 amide bonds. The predicted molar refractivity (Wildman–Crippen MR) is 82.2 cm³/mol. The zero-order chi connectivity index (χ0) is 16.5. The third kappa shape index (κ3) is 5.65. The molecule has 0 radical (unpaired) electrons. The topological polar surface area (TPSA) is 95.5 Å². The highest BCUT2D eigenvalue weighted by molar-refractivity contribution is 5.97. The van der Waals surface area contributed by atoms with E-state index < -0.39 is 30.5 Å². The van der Waals surface area contributed by atoms with Gasteiger partial charge < -0.3 is 20.5 Å². The fourth-order valence-corrected chi connectivity index (χ4v) is 1.96. The molecule has 0 saturated heterocycles. The number of amides is 2. The van der Waals surface area contributed by atoms with Crippen LogP contribution in [0.15, 0.2) is 30.3 Å². The average molecular weight is 306 g/mol. The van der Waals surface area contributed by atoms with Crippen molar-refractivity contribution in [3.05, 3.63) is 35.9 Å². The first-order valence-electron chi connectivity index (χ1n) is 7.20. The number of aliphatic hydroxyl groups is 1. The van der Waals surface area contributed by atoms with Crippen LogP contribution in [0.25, 0.3) is 0 Å². The predicted octanol–water partition coefficient (Wildman–Crippen LogP) is 0.507. The second-order valence-electron chi connectivity index (χ2n) is 5.46. The minimum atomic E-state index is -1.10. The third-order valence-corrected chi connectivity index (χ3v) is 3.06. The van der Waals surface area contributed by atoms with Gasteiger partial charge in [-0.15, -0.1) is 0 Å². The van der Waals surface area contributed by atoms with Gasteiger partial charge in [-0.3, -0.25) is 9.59 Å². The molecule has 0 fully saturated rings. The van der Waals surface area contributed by atoms with E-state index in [1.54, 1.807) is 30.3 Å². The lowest BCUT2D eigenvalue weighted by molar-refractivity contribution is -0.126. The number of benzene rings is 1. The summed E-state index contributed by atoms with van der Waals surface area (Å²) in [5.41, 5.74) is 0.392. The van der Waals surface area contributed by atoms with Crippen LogP contribution in [-0.4, -0.2) is 41.9 Å². The van der Waals surface area contributed by atoms with Crippen molar-refractivity contribution in [2.75, 3.05) is 6.61 Å². The van der Waals surface area contributed by atoms with Gasteiger partial charge in [0, 0.05) is 5.56 Å². The first-order chi connectivity index (χ1) is 10.5. The number of aliphatic hydroxyl groups excluding tert-OH is 1. The van der Waals surface area contributed by atoms with E-state index in [2.05, 4.69) is 10.6 Å². The number of carbonyl (C=O) groups is 3. The van der Waals surface area contributed by atoms with Gasteiger partial charge in [-0.05, 0) is 24.5 Å². The molecular weight excluding hydrogens is 284 g/mol. The molecule has 1 rings (SSSR count). The van der Waals surface area contributed by atoms with E-state index in [1.807, 2.05) is 13.8 Å². The van der Waals surface area contributed by atoms with E-state index in [1.165, 1.54) is 0 Å². The summed E-state index contributed by atoms with van der Waals surface area (Å²) < 4.78 is 0. The van der Waals surface area contributed by atoms with Gasteiger partial charge in [0.25, 0.3) is 5.91 Å². The van der Waals surface area contributed by atoms with E-state index >= 15 is 0 Å². The highest BCUT2D eigenvalue weighted by atomic mass is 16.3. The van der Waals surface area contributed by atoms with Gasteiger partial charge >= 0.3 is 0 Å². The van der Waals surface area contributed by atoms with E-state index in [9.17, 15) is 19.5 Å². The SMILES string of the molecule is CC(C)C[C@@H](C=O)NC(=O)[C@H](CO)NC(=O)c1ccccc1. The molecule has 22 heavy (non-hydrogen) atoms. The third-order valence-electron chi connectivity index (χ3n) is 3.06. The van der Waals surface area contributed by atoms with Crippen molar-refractivity contribution in [1.82, 2.24) is 10.6 Å². The van der Waals surface area contributed by atoms with Crippen molar-refractivity contribution in [2.45, 2.75) is 32.4 Å². The summed E-state index contributed by atoms with van der Waals surface area (Å²) >= 11 is 0. The number of carbonyl (C=O) groups excluding carboxylic acids is 3. The lowest BCUT2D eigenvalue weighted by Crippen LogP contribution is -2.52. The van der Waals surface area contributed by atoms with Crippen LogP contribution in [0.5, 0.6) is 0 Å². The Labute approximate surface area is 129 Å². The van der Waals surface area contributed by atoms with Crippen molar-refractivity contribution in [1.29, 1.82) is 0 Å². The summed E-state index contributed by atoms with van der Waals surface area (Å²) in [5, 5.41) is 14.3. The molecule has 1 aromatic rings. The van der Waals surface area contributed by atoms with Crippen molar-refractivity contribution in [2.24, 2.45) is 5.92 Å². The number of nitrogens with one attached hydrogen (secondary N) is 2. The Morgan fingerprint density at radius 3 is 2.32 bits per heavy atom. The lowest BCUT2D eigenvalue weighted by atomic mass is 10.0.